The van der Waals surface area contributed by atoms with E-state index in [1.54, 1.807) is 49.6 Å². The van der Waals surface area contributed by atoms with Gasteiger partial charge in [0.25, 0.3) is 11.8 Å². The van der Waals surface area contributed by atoms with Crippen LogP contribution in [-0.2, 0) is 16.2 Å². The predicted molar refractivity (Wildman–Crippen MR) is 149 cm³/mol. The number of nitrogens with one attached hydrogen (secondary N) is 1. The molecule has 0 atom stereocenters. The maximum Gasteiger partial charge on any atom is 0.335 e. The van der Waals surface area contributed by atoms with Crippen molar-refractivity contribution < 1.29 is 23.9 Å². The molecule has 1 heterocycles. The fourth-order valence-corrected chi connectivity index (χ4v) is 4.57. The first kappa shape index (κ1) is 25.2. The van der Waals surface area contributed by atoms with E-state index in [9.17, 15) is 14.4 Å². The Bertz CT molecular complexity index is 1610. The van der Waals surface area contributed by atoms with Gasteiger partial charge in [0.2, 0.25) is 0 Å². The average molecular weight is 571 g/mol. The number of fused-ring (bicyclic) bond motifs is 1. The number of barbiturate groups is 1. The number of urea groups is 1. The number of methoxy groups -OCH3 is 1. The molecule has 0 aromatic heterocycles. The normalized spacial score (nSPS) is 14.7. The van der Waals surface area contributed by atoms with E-state index in [0.29, 0.717) is 22.7 Å². The zero-order valence-electron chi connectivity index (χ0n) is 20.7. The van der Waals surface area contributed by atoms with E-state index < -0.39 is 17.8 Å². The highest BCUT2D eigenvalue weighted by Crippen LogP contribution is 2.31. The molecule has 4 aromatic carbocycles. The summed E-state index contributed by atoms with van der Waals surface area (Å²) in [5.74, 6) is -0.521. The van der Waals surface area contributed by atoms with Gasteiger partial charge in [0.15, 0.2) is 0 Å². The fourth-order valence-electron chi connectivity index (χ4n) is 4.31. The highest BCUT2D eigenvalue weighted by atomic mass is 79.9. The number of amides is 4. The summed E-state index contributed by atoms with van der Waals surface area (Å²) in [5.41, 5.74) is 2.75. The molecule has 38 heavy (non-hydrogen) atoms. The van der Waals surface area contributed by atoms with E-state index in [1.165, 1.54) is 6.08 Å². The molecule has 4 amide bonds. The summed E-state index contributed by atoms with van der Waals surface area (Å²) >= 11 is 3.34. The summed E-state index contributed by atoms with van der Waals surface area (Å²) in [5, 5.41) is 4.44. The van der Waals surface area contributed by atoms with Gasteiger partial charge in [0.05, 0.1) is 12.8 Å². The van der Waals surface area contributed by atoms with Crippen LogP contribution in [0.15, 0.2) is 88.9 Å². The van der Waals surface area contributed by atoms with Crippen LogP contribution in [0.2, 0.25) is 0 Å². The summed E-state index contributed by atoms with van der Waals surface area (Å²) in [7, 11) is 1.55. The van der Waals surface area contributed by atoms with Crippen molar-refractivity contribution in [3.05, 3.63) is 106 Å². The molecular weight excluding hydrogens is 548 g/mol. The monoisotopic (exact) mass is 570 g/mol. The molecule has 1 saturated heterocycles. The summed E-state index contributed by atoms with van der Waals surface area (Å²) in [6, 6.07) is 23.2. The van der Waals surface area contributed by atoms with Crippen molar-refractivity contribution in [2.45, 2.75) is 13.5 Å². The highest BCUT2D eigenvalue weighted by Gasteiger charge is 2.37. The molecule has 1 aliphatic heterocycles. The second-order valence-electron chi connectivity index (χ2n) is 8.71. The van der Waals surface area contributed by atoms with Gasteiger partial charge in [-0.1, -0.05) is 52.3 Å². The molecule has 7 nitrogen and oxygen atoms in total. The first-order valence-corrected chi connectivity index (χ1v) is 12.6. The molecule has 0 bridgehead atoms. The fraction of sp³-hybridized carbons (Fsp3) is 0.100. The lowest BCUT2D eigenvalue weighted by Crippen LogP contribution is -2.54. The number of anilines is 1. The second kappa shape index (κ2) is 10.5. The number of halogens is 1. The van der Waals surface area contributed by atoms with E-state index in [4.69, 9.17) is 9.47 Å². The van der Waals surface area contributed by atoms with Crippen LogP contribution in [0.1, 0.15) is 16.7 Å². The van der Waals surface area contributed by atoms with Gasteiger partial charge in [-0.2, -0.15) is 0 Å². The first-order chi connectivity index (χ1) is 18.4. The van der Waals surface area contributed by atoms with E-state index in [-0.39, 0.29) is 12.2 Å². The van der Waals surface area contributed by atoms with Crippen molar-refractivity contribution in [3.63, 3.8) is 0 Å². The number of benzene rings is 4. The van der Waals surface area contributed by atoms with Gasteiger partial charge in [0, 0.05) is 21.7 Å². The van der Waals surface area contributed by atoms with Crippen molar-refractivity contribution in [2.75, 3.05) is 12.0 Å². The molecule has 0 radical (unpaired) electrons. The first-order valence-electron chi connectivity index (χ1n) is 11.8. The van der Waals surface area contributed by atoms with E-state index in [1.807, 2.05) is 37.3 Å². The molecule has 0 unspecified atom stereocenters. The molecular formula is C30H23BrN2O5. The molecule has 0 saturated carbocycles. The largest absolute Gasteiger partial charge is 0.497 e. The Morgan fingerprint density at radius 1 is 0.947 bits per heavy atom. The standard InChI is InChI=1S/C30H23BrN2O5/c1-18-7-8-19-5-3-4-6-24(19)26(18)17-38-27-16-23(37-2)14-9-20(27)15-25-28(34)32-30(36)33(29(25)35)22-12-10-21(31)11-13-22/h3-16H,17H2,1-2H3,(H,32,34,36)/b25-15+. The average Bonchev–Trinajstić information content (AvgIpc) is 2.91. The molecule has 4 aromatic rings. The van der Waals surface area contributed by atoms with Crippen molar-refractivity contribution >= 4 is 56.3 Å². The van der Waals surface area contributed by atoms with Crippen molar-refractivity contribution in [2.24, 2.45) is 0 Å². The summed E-state index contributed by atoms with van der Waals surface area (Å²) < 4.78 is 12.4. The van der Waals surface area contributed by atoms with E-state index >= 15 is 0 Å². The minimum absolute atomic E-state index is 0.191. The number of aryl methyl sites for hydroxylation is 1. The lowest BCUT2D eigenvalue weighted by Gasteiger charge is -2.26. The lowest BCUT2D eigenvalue weighted by atomic mass is 10.0. The van der Waals surface area contributed by atoms with Gasteiger partial charge in [0.1, 0.15) is 23.7 Å². The summed E-state index contributed by atoms with van der Waals surface area (Å²) in [4.78, 5) is 39.5. The third kappa shape index (κ3) is 4.90. The van der Waals surface area contributed by atoms with E-state index in [2.05, 4.69) is 27.3 Å². The molecule has 5 rings (SSSR count). The highest BCUT2D eigenvalue weighted by molar-refractivity contribution is 9.10. The molecule has 1 aliphatic rings. The van der Waals surface area contributed by atoms with E-state index in [0.717, 1.165) is 31.3 Å². The number of hydrogen-bond acceptors (Lipinski definition) is 5. The van der Waals surface area contributed by atoms with Crippen LogP contribution < -0.4 is 19.7 Å². The van der Waals surface area contributed by atoms with Crippen LogP contribution in [0.4, 0.5) is 10.5 Å². The number of hydrogen-bond donors (Lipinski definition) is 1. The van der Waals surface area contributed by atoms with Gasteiger partial charge < -0.3 is 9.47 Å². The van der Waals surface area contributed by atoms with Crippen LogP contribution in [0.3, 0.4) is 0 Å². The number of rotatable bonds is 6. The van der Waals surface area contributed by atoms with Gasteiger partial charge >= 0.3 is 6.03 Å². The third-order valence-corrected chi connectivity index (χ3v) is 6.88. The molecule has 0 aliphatic carbocycles. The van der Waals surface area contributed by atoms with Crippen molar-refractivity contribution in [1.82, 2.24) is 5.32 Å². The summed E-state index contributed by atoms with van der Waals surface area (Å²) in [6.07, 6.45) is 1.43. The second-order valence-corrected chi connectivity index (χ2v) is 9.62. The Kier molecular flexibility index (Phi) is 6.98. The number of nitrogens with zero attached hydrogens (tertiary/aromatic N) is 1. The third-order valence-electron chi connectivity index (χ3n) is 6.35. The number of carbonyl (C=O) groups is 3. The molecule has 8 heteroatoms. The smallest absolute Gasteiger partial charge is 0.335 e. The number of carbonyl (C=O) groups excluding carboxylic acids is 3. The SMILES string of the molecule is COc1ccc(/C=C2\C(=O)NC(=O)N(c3ccc(Br)cc3)C2=O)c(OCc2c(C)ccc3ccccc23)c1. The quantitative estimate of drug-likeness (QED) is 0.221. The van der Waals surface area contributed by atoms with Crippen LogP contribution in [-0.4, -0.2) is 25.0 Å². The number of ether oxygens (including phenoxy) is 2. The maximum atomic E-state index is 13.3. The van der Waals surface area contributed by atoms with Crippen LogP contribution in [0.5, 0.6) is 11.5 Å². The topological polar surface area (TPSA) is 84.9 Å². The van der Waals surface area contributed by atoms with Crippen LogP contribution >= 0.6 is 15.9 Å². The maximum absolute atomic E-state index is 13.3. The zero-order chi connectivity index (χ0) is 26.8. The molecule has 1 N–H and O–H groups in total. The molecule has 0 spiro atoms. The van der Waals surface area contributed by atoms with Crippen LogP contribution in [0, 0.1) is 6.92 Å². The van der Waals surface area contributed by atoms with Crippen molar-refractivity contribution in [3.8, 4) is 11.5 Å². The minimum atomic E-state index is -0.808. The van der Waals surface area contributed by atoms with Crippen molar-refractivity contribution in [1.29, 1.82) is 0 Å². The summed E-state index contributed by atoms with van der Waals surface area (Å²) in [6.45, 7) is 2.29. The lowest BCUT2D eigenvalue weighted by molar-refractivity contribution is -0.122. The van der Waals surface area contributed by atoms with Gasteiger partial charge in [-0.05, 0) is 65.7 Å². The molecule has 190 valence electrons. The Hall–Kier alpha value is -4.43. The van der Waals surface area contributed by atoms with Crippen LogP contribution in [0.25, 0.3) is 16.8 Å². The Morgan fingerprint density at radius 2 is 1.71 bits per heavy atom. The minimum Gasteiger partial charge on any atom is -0.497 e. The van der Waals surface area contributed by atoms with Gasteiger partial charge in [-0.3, -0.25) is 14.9 Å². The van der Waals surface area contributed by atoms with Gasteiger partial charge in [-0.25, -0.2) is 9.69 Å². The predicted octanol–water partition coefficient (Wildman–Crippen LogP) is 6.16. The Morgan fingerprint density at radius 3 is 2.47 bits per heavy atom. The Labute approximate surface area is 227 Å². The van der Waals surface area contributed by atoms with Gasteiger partial charge in [-0.15, -0.1) is 0 Å². The Balaban J connectivity index is 1.51. The molecule has 1 fully saturated rings. The number of imide groups is 2. The zero-order valence-corrected chi connectivity index (χ0v) is 22.2.